The van der Waals surface area contributed by atoms with Gasteiger partial charge in [-0.3, -0.25) is 0 Å². The van der Waals surface area contributed by atoms with Gasteiger partial charge in [-0.25, -0.2) is 25.8 Å². The van der Waals surface area contributed by atoms with E-state index in [2.05, 4.69) is 15.5 Å². The summed E-state index contributed by atoms with van der Waals surface area (Å²) in [6.07, 6.45) is 2.10. The number of carbonyl (C=O) groups excluding carboxylic acids is 4. The minimum atomic E-state index is -0.814. The third-order valence-electron chi connectivity index (χ3n) is 8.88. The molecule has 0 aliphatic carbocycles. The van der Waals surface area contributed by atoms with Crippen molar-refractivity contribution in [3.05, 3.63) is 41.7 Å². The van der Waals surface area contributed by atoms with Crippen LogP contribution in [0.15, 0.2) is 30.3 Å². The van der Waals surface area contributed by atoms with E-state index in [0.717, 1.165) is 25.3 Å². The number of benzene rings is 1. The summed E-state index contributed by atoms with van der Waals surface area (Å²) in [6, 6.07) is 8.62. The topological polar surface area (TPSA) is 168 Å². The highest BCUT2D eigenvalue weighted by atomic mass is 32.2. The molecule has 4 amide bonds. The summed E-state index contributed by atoms with van der Waals surface area (Å²) < 4.78 is 31.8. The third kappa shape index (κ3) is 22.0. The Bertz CT molecular complexity index is 1570. The first-order valence-electron chi connectivity index (χ1n) is 21.0. The standard InChI is InChI=1S/C21H32N2O6S.C19H33N3O4.C4H8O/c1-20(2,3)26-18(24)22-17(30-29-28-16-10-8-7-9-11-16)15-12-13-23(14-15)19(25)27-21(4,5)6;1-17(2,3)25-15(23)21-14(19(7,8)20-9)13-10-11-22(12-13)16(24)26-18(4,5)6;1-2-4-5-3-1/h7-11,15,17H,12-14H2,1-6H3,(H,22,24);13-14H,10-12H2,1-8H3,(H,21,23);1-4H2. The molecule has 0 radical (unpaired) electrons. The maximum atomic E-state index is 12.4. The fourth-order valence-corrected chi connectivity index (χ4v) is 6.91. The molecule has 3 heterocycles. The number of para-hydroxylation sites is 1. The predicted molar refractivity (Wildman–Crippen MR) is 235 cm³/mol. The quantitative estimate of drug-likeness (QED) is 0.0603. The van der Waals surface area contributed by atoms with E-state index < -0.39 is 51.5 Å². The molecule has 346 valence electrons. The first-order valence-corrected chi connectivity index (χ1v) is 21.8. The van der Waals surface area contributed by atoms with Crippen LogP contribution in [0.25, 0.3) is 4.85 Å². The van der Waals surface area contributed by atoms with Gasteiger partial charge in [-0.1, -0.05) is 18.2 Å². The molecule has 1 aromatic rings. The van der Waals surface area contributed by atoms with Crippen molar-refractivity contribution in [2.24, 2.45) is 11.8 Å². The van der Waals surface area contributed by atoms with Gasteiger partial charge in [0.15, 0.2) is 5.75 Å². The molecule has 4 unspecified atom stereocenters. The number of carbonyl (C=O) groups is 4. The first kappa shape index (κ1) is 53.0. The van der Waals surface area contributed by atoms with E-state index in [9.17, 15) is 19.2 Å². The number of likely N-dealkylation sites (tertiary alicyclic amines) is 2. The van der Waals surface area contributed by atoms with Gasteiger partial charge in [0.2, 0.25) is 5.54 Å². The summed E-state index contributed by atoms with van der Waals surface area (Å²) in [4.78, 5) is 61.5. The van der Waals surface area contributed by atoms with Crippen molar-refractivity contribution in [1.82, 2.24) is 20.4 Å². The van der Waals surface area contributed by atoms with Crippen LogP contribution < -0.4 is 15.5 Å². The molecule has 0 spiro atoms. The van der Waals surface area contributed by atoms with Crippen molar-refractivity contribution in [2.75, 3.05) is 39.4 Å². The molecule has 0 saturated carbocycles. The van der Waals surface area contributed by atoms with E-state index >= 15 is 0 Å². The van der Waals surface area contributed by atoms with Crippen LogP contribution in [0.2, 0.25) is 0 Å². The van der Waals surface area contributed by atoms with E-state index in [1.165, 1.54) is 12.8 Å². The van der Waals surface area contributed by atoms with Crippen molar-refractivity contribution in [3.63, 3.8) is 0 Å². The average Bonchev–Trinajstić information content (AvgIpc) is 3.93. The summed E-state index contributed by atoms with van der Waals surface area (Å²) in [6.45, 7) is 36.8. The molecular weight excluding hydrogens is 807 g/mol. The van der Waals surface area contributed by atoms with Gasteiger partial charge in [0, 0.05) is 65.1 Å². The lowest BCUT2D eigenvalue weighted by Gasteiger charge is -2.31. The number of amides is 4. The number of ether oxygens (including phenoxy) is 5. The molecule has 3 fully saturated rings. The van der Waals surface area contributed by atoms with E-state index in [1.807, 2.05) is 59.7 Å². The number of hydrogen-bond acceptors (Lipinski definition) is 12. The maximum Gasteiger partial charge on any atom is 0.410 e. The minimum absolute atomic E-state index is 0.0425. The van der Waals surface area contributed by atoms with Gasteiger partial charge in [0.05, 0.1) is 12.0 Å². The Kier molecular flexibility index (Phi) is 20.3. The molecule has 4 rings (SSSR count). The predicted octanol–water partition coefficient (Wildman–Crippen LogP) is 9.38. The lowest BCUT2D eigenvalue weighted by atomic mass is 9.84. The zero-order valence-corrected chi connectivity index (χ0v) is 39.8. The van der Waals surface area contributed by atoms with Crippen molar-refractivity contribution in [1.29, 1.82) is 0 Å². The first-order chi connectivity index (χ1) is 28.1. The zero-order chi connectivity index (χ0) is 46.2. The summed E-state index contributed by atoms with van der Waals surface area (Å²) in [5.41, 5.74) is -3.18. The van der Waals surface area contributed by atoms with Gasteiger partial charge < -0.3 is 53.9 Å². The largest absolute Gasteiger partial charge is 0.444 e. The SMILES string of the molecule is C1CCOC1.CC(C)(C)OC(=O)NC(SOOc1ccccc1)C1CCN(C(=O)OC(C)(C)C)C1.[C-]#[N+]C(C)(C)C(NC(=O)OC(C)(C)C)C1CCN(C(=O)OC(C)(C)C)C1. The van der Waals surface area contributed by atoms with Gasteiger partial charge in [-0.2, -0.15) is 0 Å². The highest BCUT2D eigenvalue weighted by Gasteiger charge is 2.46. The Morgan fingerprint density at radius 2 is 1.13 bits per heavy atom. The van der Waals surface area contributed by atoms with Gasteiger partial charge in [0.25, 0.3) is 0 Å². The summed E-state index contributed by atoms with van der Waals surface area (Å²) in [5, 5.41) is 5.21. The van der Waals surface area contributed by atoms with Gasteiger partial charge in [0.1, 0.15) is 33.8 Å². The number of hydrogen-bond donors (Lipinski definition) is 2. The lowest BCUT2D eigenvalue weighted by Crippen LogP contribution is -2.53. The minimum Gasteiger partial charge on any atom is -0.444 e. The zero-order valence-electron chi connectivity index (χ0n) is 39.0. The Morgan fingerprint density at radius 3 is 1.56 bits per heavy atom. The van der Waals surface area contributed by atoms with Gasteiger partial charge in [-0.05, 0) is 121 Å². The van der Waals surface area contributed by atoms with E-state index in [0.29, 0.717) is 44.8 Å². The number of alkyl carbamates (subject to hydrolysis) is 2. The van der Waals surface area contributed by atoms with Gasteiger partial charge in [-0.15, -0.1) is 4.33 Å². The number of nitrogens with one attached hydrogen (secondary N) is 2. The van der Waals surface area contributed by atoms with Crippen molar-refractivity contribution >= 4 is 36.4 Å². The van der Waals surface area contributed by atoms with Crippen LogP contribution in [0.3, 0.4) is 0 Å². The smallest absolute Gasteiger partial charge is 0.410 e. The molecule has 0 bridgehead atoms. The van der Waals surface area contributed by atoms with Crippen LogP contribution in [0, 0.1) is 18.4 Å². The number of rotatable bonds is 9. The second-order valence-corrected chi connectivity index (χ2v) is 20.6. The van der Waals surface area contributed by atoms with Gasteiger partial charge >= 0.3 is 24.4 Å². The summed E-state index contributed by atoms with van der Waals surface area (Å²) in [5.74, 6) is 0.441. The van der Waals surface area contributed by atoms with E-state index in [1.54, 1.807) is 77.3 Å². The van der Waals surface area contributed by atoms with Crippen molar-refractivity contribution in [2.45, 2.75) is 162 Å². The van der Waals surface area contributed by atoms with Crippen LogP contribution in [0.1, 0.15) is 123 Å². The Labute approximate surface area is 368 Å². The molecule has 3 aliphatic heterocycles. The highest BCUT2D eigenvalue weighted by Crippen LogP contribution is 2.31. The Morgan fingerprint density at radius 1 is 0.689 bits per heavy atom. The number of nitrogens with zero attached hydrogens (tertiary/aromatic N) is 3. The maximum absolute atomic E-state index is 12.4. The molecule has 4 atom stereocenters. The molecule has 16 nitrogen and oxygen atoms in total. The monoisotopic (exact) mass is 880 g/mol. The van der Waals surface area contributed by atoms with Crippen molar-refractivity contribution in [3.8, 4) is 5.75 Å². The van der Waals surface area contributed by atoms with E-state index in [4.69, 9.17) is 39.5 Å². The molecule has 3 aliphatic rings. The second-order valence-electron chi connectivity index (χ2n) is 19.8. The molecule has 1 aromatic carbocycles. The molecule has 61 heavy (non-hydrogen) atoms. The Hall–Kier alpha value is -4.14. The second kappa shape index (κ2) is 23.3. The molecule has 2 N–H and O–H groups in total. The summed E-state index contributed by atoms with van der Waals surface area (Å²) >= 11 is 0.982. The van der Waals surface area contributed by atoms with E-state index in [-0.39, 0.29) is 24.0 Å². The normalized spacial score (nSPS) is 19.1. The fourth-order valence-electron chi connectivity index (χ4n) is 6.19. The average molecular weight is 880 g/mol. The van der Waals surface area contributed by atoms with Crippen LogP contribution in [-0.2, 0) is 28.0 Å². The molecular formula is C44H73N5O11S. The summed E-state index contributed by atoms with van der Waals surface area (Å²) in [7, 11) is 0. The van der Waals surface area contributed by atoms with Crippen LogP contribution in [0.5, 0.6) is 5.75 Å². The lowest BCUT2D eigenvalue weighted by molar-refractivity contribution is -0.0793. The van der Waals surface area contributed by atoms with Crippen molar-refractivity contribution < 1.29 is 52.1 Å². The molecule has 17 heteroatoms. The van der Waals surface area contributed by atoms with Crippen LogP contribution >= 0.6 is 12.0 Å². The van der Waals surface area contributed by atoms with Crippen LogP contribution in [0.4, 0.5) is 19.2 Å². The molecule has 0 aromatic heterocycles. The Balaban J connectivity index is 0.000000379. The fraction of sp³-hybridized carbons (Fsp3) is 0.750. The third-order valence-corrected chi connectivity index (χ3v) is 9.73. The van der Waals surface area contributed by atoms with Crippen LogP contribution in [-0.4, -0.2) is 113 Å². The highest BCUT2D eigenvalue weighted by molar-refractivity contribution is 7.95. The molecule has 3 saturated heterocycles.